The molecule has 0 radical (unpaired) electrons. The van der Waals surface area contributed by atoms with Crippen LogP contribution in [-0.2, 0) is 0 Å². The van der Waals surface area contributed by atoms with Crippen molar-refractivity contribution in [1.82, 2.24) is 4.98 Å². The Labute approximate surface area is 99.4 Å². The van der Waals surface area contributed by atoms with E-state index in [1.54, 1.807) is 23.1 Å². The normalized spacial score (nSPS) is 10.6. The van der Waals surface area contributed by atoms with Gasteiger partial charge in [0.2, 0.25) is 0 Å². The quantitative estimate of drug-likeness (QED) is 0.780. The van der Waals surface area contributed by atoms with E-state index >= 15 is 0 Å². The zero-order valence-electron chi connectivity index (χ0n) is 7.37. The van der Waals surface area contributed by atoms with Crippen LogP contribution in [0.1, 0.15) is 0 Å². The van der Waals surface area contributed by atoms with Gasteiger partial charge in [-0.25, -0.2) is 4.98 Å². The maximum absolute atomic E-state index is 4.50. The first-order chi connectivity index (χ1) is 6.75. The molecule has 1 aromatic carbocycles. The van der Waals surface area contributed by atoms with Crippen LogP contribution in [0.4, 0.5) is 0 Å². The van der Waals surface area contributed by atoms with Gasteiger partial charge in [0, 0.05) is 5.75 Å². The predicted octanol–water partition coefficient (Wildman–Crippen LogP) is 4.30. The number of thioether (sulfide) groups is 1. The summed E-state index contributed by atoms with van der Waals surface area (Å²) in [4.78, 5) is 4.50. The fraction of sp³-hybridized carbons (Fsp3) is 0.100. The first-order valence-corrected chi connectivity index (χ1v) is 6.67. The van der Waals surface area contributed by atoms with E-state index < -0.39 is 0 Å². The fourth-order valence-corrected chi connectivity index (χ4v) is 3.22. The number of rotatable bonds is 3. The highest BCUT2D eigenvalue weighted by Gasteiger charge is 2.03. The van der Waals surface area contributed by atoms with Crippen LogP contribution in [0.15, 0.2) is 39.7 Å². The number of fused-ring (bicyclic) bond motifs is 1. The van der Waals surface area contributed by atoms with Crippen LogP contribution >= 0.6 is 39.0 Å². The summed E-state index contributed by atoms with van der Waals surface area (Å²) in [6.07, 6.45) is 0. The Balaban J connectivity index is 2.22. The molecular formula is C10H8BrNS2. The van der Waals surface area contributed by atoms with Crippen molar-refractivity contribution in [2.45, 2.75) is 4.34 Å². The van der Waals surface area contributed by atoms with Crippen molar-refractivity contribution >= 4 is 49.2 Å². The predicted molar refractivity (Wildman–Crippen MR) is 68.4 cm³/mol. The fourth-order valence-electron chi connectivity index (χ4n) is 1.05. The summed E-state index contributed by atoms with van der Waals surface area (Å²) in [6, 6.07) is 8.19. The Bertz CT molecular complexity index is 431. The summed E-state index contributed by atoms with van der Waals surface area (Å²) >= 11 is 6.78. The smallest absolute Gasteiger partial charge is 0.151 e. The molecular weight excluding hydrogens is 278 g/mol. The van der Waals surface area contributed by atoms with Gasteiger partial charge >= 0.3 is 0 Å². The van der Waals surface area contributed by atoms with Gasteiger partial charge in [-0.15, -0.1) is 11.3 Å². The molecule has 2 aromatic rings. The summed E-state index contributed by atoms with van der Waals surface area (Å²) in [7, 11) is 0. The number of aromatic nitrogens is 1. The van der Waals surface area contributed by atoms with E-state index in [0.29, 0.717) is 0 Å². The minimum Gasteiger partial charge on any atom is -0.230 e. The van der Waals surface area contributed by atoms with Gasteiger partial charge in [-0.1, -0.05) is 46.4 Å². The molecule has 0 fully saturated rings. The maximum Gasteiger partial charge on any atom is 0.151 e. The molecule has 14 heavy (non-hydrogen) atoms. The maximum atomic E-state index is 4.50. The van der Waals surface area contributed by atoms with Crippen molar-refractivity contribution in [2.75, 3.05) is 5.75 Å². The topological polar surface area (TPSA) is 12.9 Å². The molecule has 72 valence electrons. The van der Waals surface area contributed by atoms with Crippen LogP contribution < -0.4 is 0 Å². The largest absolute Gasteiger partial charge is 0.230 e. The summed E-state index contributed by atoms with van der Waals surface area (Å²) < 4.78 is 3.35. The zero-order valence-corrected chi connectivity index (χ0v) is 10.6. The average molecular weight is 286 g/mol. The van der Waals surface area contributed by atoms with E-state index in [9.17, 15) is 0 Å². The second kappa shape index (κ2) is 4.47. The van der Waals surface area contributed by atoms with E-state index in [1.165, 1.54) is 4.70 Å². The Morgan fingerprint density at radius 1 is 1.50 bits per heavy atom. The van der Waals surface area contributed by atoms with Crippen LogP contribution in [0.3, 0.4) is 0 Å². The van der Waals surface area contributed by atoms with Crippen molar-refractivity contribution in [3.05, 3.63) is 35.3 Å². The molecule has 0 unspecified atom stereocenters. The number of hydrogen-bond acceptors (Lipinski definition) is 3. The molecule has 4 heteroatoms. The molecule has 0 aliphatic carbocycles. The Morgan fingerprint density at radius 3 is 3.00 bits per heavy atom. The van der Waals surface area contributed by atoms with Crippen molar-refractivity contribution in [1.29, 1.82) is 0 Å². The van der Waals surface area contributed by atoms with Crippen molar-refractivity contribution in [2.24, 2.45) is 0 Å². The first kappa shape index (κ1) is 10.2. The summed E-state index contributed by atoms with van der Waals surface area (Å²) in [6.45, 7) is 3.80. The van der Waals surface area contributed by atoms with Gasteiger partial charge in [-0.3, -0.25) is 0 Å². The van der Waals surface area contributed by atoms with Gasteiger partial charge in [0.1, 0.15) is 0 Å². The minimum atomic E-state index is 0.875. The highest BCUT2D eigenvalue weighted by Crippen LogP contribution is 2.30. The molecule has 2 rings (SSSR count). The zero-order chi connectivity index (χ0) is 9.97. The van der Waals surface area contributed by atoms with Gasteiger partial charge in [-0.2, -0.15) is 0 Å². The third kappa shape index (κ3) is 2.38. The summed E-state index contributed by atoms with van der Waals surface area (Å²) in [5.41, 5.74) is 1.08. The van der Waals surface area contributed by atoms with Gasteiger partial charge < -0.3 is 0 Å². The summed E-state index contributed by atoms with van der Waals surface area (Å²) in [5.74, 6) is 0.875. The highest BCUT2D eigenvalue weighted by atomic mass is 79.9. The molecule has 0 atom stereocenters. The van der Waals surface area contributed by atoms with Crippen LogP contribution in [-0.4, -0.2) is 10.7 Å². The van der Waals surface area contributed by atoms with Crippen LogP contribution in [0.5, 0.6) is 0 Å². The van der Waals surface area contributed by atoms with Gasteiger partial charge in [0.15, 0.2) is 4.34 Å². The Kier molecular flexibility index (Phi) is 3.26. The molecule has 1 aromatic heterocycles. The standard InChI is InChI=1S/C10H8BrNS2/c1-7(11)6-13-10-12-8-4-2-3-5-9(8)14-10/h2-5H,1,6H2. The molecule has 0 bridgehead atoms. The molecule has 0 N–H and O–H groups in total. The molecule has 0 saturated carbocycles. The van der Waals surface area contributed by atoms with Gasteiger partial charge in [0.25, 0.3) is 0 Å². The average Bonchev–Trinajstić information content (AvgIpc) is 2.57. The number of para-hydroxylation sites is 1. The lowest BCUT2D eigenvalue weighted by molar-refractivity contribution is 1.30. The molecule has 0 amide bonds. The van der Waals surface area contributed by atoms with E-state index in [-0.39, 0.29) is 0 Å². The lowest BCUT2D eigenvalue weighted by Crippen LogP contribution is -1.74. The van der Waals surface area contributed by atoms with E-state index in [2.05, 4.69) is 33.6 Å². The van der Waals surface area contributed by atoms with Crippen LogP contribution in [0, 0.1) is 0 Å². The first-order valence-electron chi connectivity index (χ1n) is 4.07. The lowest BCUT2D eigenvalue weighted by Gasteiger charge is -1.91. The molecule has 0 aliphatic heterocycles. The van der Waals surface area contributed by atoms with E-state index in [1.807, 2.05) is 18.2 Å². The number of hydrogen-bond donors (Lipinski definition) is 0. The van der Waals surface area contributed by atoms with E-state index in [4.69, 9.17) is 0 Å². The van der Waals surface area contributed by atoms with Crippen molar-refractivity contribution in [3.8, 4) is 0 Å². The molecule has 1 heterocycles. The highest BCUT2D eigenvalue weighted by molar-refractivity contribution is 9.11. The van der Waals surface area contributed by atoms with Crippen molar-refractivity contribution < 1.29 is 0 Å². The molecule has 1 nitrogen and oxygen atoms in total. The number of halogens is 1. The second-order valence-corrected chi connectivity index (χ2v) is 6.13. The number of benzene rings is 1. The minimum absolute atomic E-state index is 0.875. The molecule has 0 spiro atoms. The van der Waals surface area contributed by atoms with Gasteiger partial charge in [0.05, 0.1) is 10.2 Å². The third-order valence-corrected chi connectivity index (χ3v) is 4.54. The Morgan fingerprint density at radius 2 is 2.29 bits per heavy atom. The number of thiazole rings is 1. The van der Waals surface area contributed by atoms with Crippen LogP contribution in [0.2, 0.25) is 0 Å². The monoisotopic (exact) mass is 285 g/mol. The SMILES string of the molecule is C=C(Br)CSc1nc2ccccc2s1. The summed E-state index contributed by atoms with van der Waals surface area (Å²) in [5, 5.41) is 0. The van der Waals surface area contributed by atoms with Crippen molar-refractivity contribution in [3.63, 3.8) is 0 Å². The van der Waals surface area contributed by atoms with E-state index in [0.717, 1.165) is 20.1 Å². The Hall–Kier alpha value is -0.320. The lowest BCUT2D eigenvalue weighted by atomic mass is 10.3. The second-order valence-electron chi connectivity index (χ2n) is 2.75. The molecule has 0 aliphatic rings. The molecule has 0 saturated heterocycles. The number of nitrogens with zero attached hydrogens (tertiary/aromatic N) is 1. The third-order valence-electron chi connectivity index (χ3n) is 1.63. The van der Waals surface area contributed by atoms with Crippen LogP contribution in [0.25, 0.3) is 10.2 Å². The van der Waals surface area contributed by atoms with Gasteiger partial charge in [-0.05, 0) is 16.6 Å².